The first-order chi connectivity index (χ1) is 14.0. The lowest BCUT2D eigenvalue weighted by Gasteiger charge is -2.24. The summed E-state index contributed by atoms with van der Waals surface area (Å²) in [5.41, 5.74) is 16.5. The zero-order chi connectivity index (χ0) is 23.3. The Bertz CT molecular complexity index is 628. The van der Waals surface area contributed by atoms with Crippen LogP contribution < -0.4 is 33.2 Å². The van der Waals surface area contributed by atoms with E-state index >= 15 is 0 Å². The van der Waals surface area contributed by atoms with Crippen molar-refractivity contribution in [2.45, 2.75) is 51.2 Å². The van der Waals surface area contributed by atoms with Crippen molar-refractivity contribution < 1.29 is 24.3 Å². The summed E-state index contributed by atoms with van der Waals surface area (Å²) in [4.78, 5) is 51.6. The Kier molecular flexibility index (Phi) is 13.2. The van der Waals surface area contributed by atoms with E-state index in [-0.39, 0.29) is 30.6 Å². The minimum Gasteiger partial charge on any atom is -0.480 e. The van der Waals surface area contributed by atoms with Gasteiger partial charge >= 0.3 is 5.97 Å². The molecule has 0 saturated carbocycles. The van der Waals surface area contributed by atoms with E-state index in [4.69, 9.17) is 22.3 Å². The molecule has 0 fully saturated rings. The Morgan fingerprint density at radius 3 is 2.17 bits per heavy atom. The second-order valence-electron chi connectivity index (χ2n) is 6.78. The van der Waals surface area contributed by atoms with Crippen LogP contribution in [0.3, 0.4) is 0 Å². The Labute approximate surface area is 181 Å². The van der Waals surface area contributed by atoms with E-state index in [1.807, 2.05) is 13.8 Å². The highest BCUT2D eigenvalue weighted by Crippen LogP contribution is 2.07. The maximum Gasteiger partial charge on any atom is 0.322 e. The molecular weight excluding hydrogens is 414 g/mol. The number of aliphatic carboxylic acids is 1. The van der Waals surface area contributed by atoms with Crippen molar-refractivity contribution in [1.29, 1.82) is 0 Å². The summed E-state index contributed by atoms with van der Waals surface area (Å²) in [5, 5.41) is 15.9. The van der Waals surface area contributed by atoms with Crippen LogP contribution in [0.15, 0.2) is 4.99 Å². The van der Waals surface area contributed by atoms with E-state index in [2.05, 4.69) is 33.6 Å². The number of carbonyl (C=O) groups is 4. The molecule has 0 aliphatic rings. The highest BCUT2D eigenvalue weighted by Gasteiger charge is 2.28. The third-order valence-electron chi connectivity index (χ3n) is 4.37. The van der Waals surface area contributed by atoms with E-state index < -0.39 is 48.4 Å². The van der Waals surface area contributed by atoms with Gasteiger partial charge in [0.2, 0.25) is 17.7 Å². The van der Waals surface area contributed by atoms with Crippen molar-refractivity contribution in [3.63, 3.8) is 0 Å². The second kappa shape index (κ2) is 14.4. The first kappa shape index (κ1) is 27.5. The lowest BCUT2D eigenvalue weighted by molar-refractivity contribution is -0.138. The first-order valence-electron chi connectivity index (χ1n) is 9.55. The van der Waals surface area contributed by atoms with Gasteiger partial charge in [-0.3, -0.25) is 24.2 Å². The van der Waals surface area contributed by atoms with E-state index in [9.17, 15) is 19.2 Å². The molecule has 0 saturated heterocycles. The van der Waals surface area contributed by atoms with Gasteiger partial charge in [0.1, 0.15) is 18.6 Å². The van der Waals surface area contributed by atoms with Crippen LogP contribution in [0, 0.1) is 5.92 Å². The number of hydrogen-bond donors (Lipinski definition) is 8. The number of nitrogens with one attached hydrogen (secondary N) is 3. The van der Waals surface area contributed by atoms with Gasteiger partial charge < -0.3 is 38.3 Å². The number of carboxylic acids is 1. The average Bonchev–Trinajstić information content (AvgIpc) is 2.70. The van der Waals surface area contributed by atoms with Crippen molar-refractivity contribution in [3.8, 4) is 0 Å². The number of amides is 3. The Balaban J connectivity index is 5.17. The summed E-state index contributed by atoms with van der Waals surface area (Å²) < 4.78 is 0. The van der Waals surface area contributed by atoms with Gasteiger partial charge in [-0.15, -0.1) is 0 Å². The molecule has 0 aromatic rings. The quantitative estimate of drug-likeness (QED) is 0.0615. The van der Waals surface area contributed by atoms with Crippen LogP contribution >= 0.6 is 12.6 Å². The number of guanidine groups is 1. The Hall–Kier alpha value is -2.54. The molecule has 0 aliphatic carbocycles. The molecule has 0 radical (unpaired) electrons. The molecule has 13 heteroatoms. The van der Waals surface area contributed by atoms with Crippen molar-refractivity contribution in [2.75, 3.05) is 18.8 Å². The molecule has 30 heavy (non-hydrogen) atoms. The zero-order valence-electron chi connectivity index (χ0n) is 17.3. The molecule has 4 atom stereocenters. The predicted octanol–water partition coefficient (Wildman–Crippen LogP) is -2.49. The summed E-state index contributed by atoms with van der Waals surface area (Å²) in [7, 11) is 0. The fourth-order valence-electron chi connectivity index (χ4n) is 2.31. The van der Waals surface area contributed by atoms with Crippen LogP contribution in [0.5, 0.6) is 0 Å². The highest BCUT2D eigenvalue weighted by molar-refractivity contribution is 7.80. The number of carboxylic acid groups (broad SMARTS) is 1. The molecule has 3 amide bonds. The van der Waals surface area contributed by atoms with Gasteiger partial charge in [-0.1, -0.05) is 20.3 Å². The molecule has 0 aromatic heterocycles. The lowest BCUT2D eigenvalue weighted by atomic mass is 9.98. The van der Waals surface area contributed by atoms with Gasteiger partial charge in [-0.05, 0) is 18.8 Å². The molecule has 12 nitrogen and oxygen atoms in total. The minimum absolute atomic E-state index is 0.0712. The fraction of sp³-hybridized carbons (Fsp3) is 0.706. The van der Waals surface area contributed by atoms with Gasteiger partial charge in [0.25, 0.3) is 0 Å². The normalized spacial score (nSPS) is 14.5. The van der Waals surface area contributed by atoms with E-state index in [0.29, 0.717) is 12.8 Å². The number of nitrogens with zero attached hydrogens (tertiary/aromatic N) is 1. The topological polar surface area (TPSA) is 215 Å². The molecule has 0 rings (SSSR count). The monoisotopic (exact) mass is 447 g/mol. The number of nitrogens with two attached hydrogens (primary N) is 3. The zero-order valence-corrected chi connectivity index (χ0v) is 18.2. The lowest BCUT2D eigenvalue weighted by Crippen LogP contribution is -2.57. The minimum atomic E-state index is -1.23. The fourth-order valence-corrected chi connectivity index (χ4v) is 2.56. The van der Waals surface area contributed by atoms with Crippen LogP contribution in [0.1, 0.15) is 33.1 Å². The van der Waals surface area contributed by atoms with Gasteiger partial charge in [-0.25, -0.2) is 0 Å². The molecule has 0 bridgehead atoms. The van der Waals surface area contributed by atoms with Crippen LogP contribution in [0.4, 0.5) is 0 Å². The Morgan fingerprint density at radius 1 is 1.07 bits per heavy atom. The van der Waals surface area contributed by atoms with Gasteiger partial charge in [0.15, 0.2) is 5.96 Å². The third-order valence-corrected chi connectivity index (χ3v) is 4.73. The summed E-state index contributed by atoms with van der Waals surface area (Å²) in [6.45, 7) is 3.36. The van der Waals surface area contributed by atoms with Gasteiger partial charge in [-0.2, -0.15) is 12.6 Å². The number of thiol groups is 1. The molecular formula is C17H33N7O5S. The third kappa shape index (κ3) is 10.9. The number of carbonyl (C=O) groups excluding carboxylic acids is 3. The van der Waals surface area contributed by atoms with E-state index in [0.717, 1.165) is 0 Å². The smallest absolute Gasteiger partial charge is 0.322 e. The largest absolute Gasteiger partial charge is 0.480 e. The molecule has 0 spiro atoms. The summed E-state index contributed by atoms with van der Waals surface area (Å²) in [5.74, 6) is -3.32. The van der Waals surface area contributed by atoms with Crippen LogP contribution in [0.25, 0.3) is 0 Å². The number of rotatable bonds is 14. The SMILES string of the molecule is CCC(C)C(N)C(=O)NC(CCCN=C(N)N)C(=O)NC(CS)C(=O)NCC(=O)O. The average molecular weight is 448 g/mol. The van der Waals surface area contributed by atoms with Crippen molar-refractivity contribution >= 4 is 42.3 Å². The van der Waals surface area contributed by atoms with Gasteiger partial charge in [0.05, 0.1) is 6.04 Å². The molecule has 10 N–H and O–H groups in total. The molecule has 0 heterocycles. The Morgan fingerprint density at radius 2 is 1.67 bits per heavy atom. The summed E-state index contributed by atoms with van der Waals surface area (Å²) in [6.07, 6.45) is 1.25. The van der Waals surface area contributed by atoms with Crippen molar-refractivity contribution in [1.82, 2.24) is 16.0 Å². The van der Waals surface area contributed by atoms with Crippen LogP contribution in [0.2, 0.25) is 0 Å². The molecule has 0 aliphatic heterocycles. The molecule has 0 aromatic carbocycles. The summed E-state index contributed by atoms with van der Waals surface area (Å²) >= 11 is 4.02. The van der Waals surface area contributed by atoms with Crippen molar-refractivity contribution in [3.05, 3.63) is 0 Å². The molecule has 4 unspecified atom stereocenters. The number of aliphatic imine (C=N–C) groups is 1. The van der Waals surface area contributed by atoms with E-state index in [1.54, 1.807) is 0 Å². The van der Waals surface area contributed by atoms with Crippen LogP contribution in [-0.4, -0.2) is 71.7 Å². The first-order valence-corrected chi connectivity index (χ1v) is 10.2. The standard InChI is InChI=1S/C17H33N7O5S/c1-3-9(2)13(18)16(29)23-10(5-4-6-21-17(19)20)15(28)24-11(8-30)14(27)22-7-12(25)26/h9-11,13,30H,3-8,18H2,1-2H3,(H,22,27)(H,23,29)(H,24,28)(H,25,26)(H4,19,20,21). The second-order valence-corrected chi connectivity index (χ2v) is 7.14. The predicted molar refractivity (Wildman–Crippen MR) is 116 cm³/mol. The van der Waals surface area contributed by atoms with Crippen LogP contribution in [-0.2, 0) is 19.2 Å². The molecule has 172 valence electrons. The number of hydrogen-bond acceptors (Lipinski definition) is 7. The highest BCUT2D eigenvalue weighted by atomic mass is 32.1. The van der Waals surface area contributed by atoms with Gasteiger partial charge in [0, 0.05) is 12.3 Å². The summed E-state index contributed by atoms with van der Waals surface area (Å²) in [6, 6.07) is -2.88. The van der Waals surface area contributed by atoms with E-state index in [1.165, 1.54) is 0 Å². The van der Waals surface area contributed by atoms with Crippen molar-refractivity contribution in [2.24, 2.45) is 28.1 Å². The maximum absolute atomic E-state index is 12.7. The maximum atomic E-state index is 12.7.